The Kier molecular flexibility index (Phi) is 5.25. The predicted molar refractivity (Wildman–Crippen MR) is 56.9 cm³/mol. The molecule has 1 fully saturated rings. The number of ether oxygens (including phenoxy) is 4. The molecule has 0 aromatic rings. The van der Waals surface area contributed by atoms with E-state index < -0.39 is 0 Å². The molecule has 0 unspecified atom stereocenters. The van der Waals surface area contributed by atoms with Crippen molar-refractivity contribution in [1.82, 2.24) is 0 Å². The van der Waals surface area contributed by atoms with Crippen LogP contribution in [0.3, 0.4) is 0 Å². The number of methoxy groups -OCH3 is 2. The molecule has 4 nitrogen and oxygen atoms in total. The number of hydrogen-bond acceptors (Lipinski definition) is 4. The Morgan fingerprint density at radius 1 is 1.33 bits per heavy atom. The van der Waals surface area contributed by atoms with E-state index in [1.807, 2.05) is 6.92 Å². The summed E-state index contributed by atoms with van der Waals surface area (Å²) in [6.45, 7) is 6.64. The fourth-order valence-corrected chi connectivity index (χ4v) is 1.82. The second-order valence-corrected chi connectivity index (χ2v) is 3.60. The Balaban J connectivity index is 2.64. The third-order valence-electron chi connectivity index (χ3n) is 2.66. The number of hydrogen-bond donors (Lipinski definition) is 0. The Hall–Kier alpha value is -0.420. The van der Waals surface area contributed by atoms with Crippen molar-refractivity contribution in [2.75, 3.05) is 27.4 Å². The Morgan fingerprint density at radius 2 is 2.07 bits per heavy atom. The summed E-state index contributed by atoms with van der Waals surface area (Å²) in [5.41, 5.74) is 0. The van der Waals surface area contributed by atoms with Gasteiger partial charge in [0.25, 0.3) is 0 Å². The summed E-state index contributed by atoms with van der Waals surface area (Å²) in [7, 11) is 3.31. The molecule has 0 aliphatic carbocycles. The van der Waals surface area contributed by atoms with Gasteiger partial charge in [-0.3, -0.25) is 0 Å². The van der Waals surface area contributed by atoms with Crippen molar-refractivity contribution in [2.45, 2.75) is 31.3 Å². The molecule has 1 aliphatic rings. The van der Waals surface area contributed by atoms with Gasteiger partial charge in [0.2, 0.25) is 0 Å². The molecule has 0 N–H and O–H groups in total. The molecule has 0 saturated carbocycles. The summed E-state index contributed by atoms with van der Waals surface area (Å²) in [5.74, 6) is 0. The fourth-order valence-electron chi connectivity index (χ4n) is 1.82. The van der Waals surface area contributed by atoms with Gasteiger partial charge in [0.15, 0.2) is 0 Å². The van der Waals surface area contributed by atoms with Gasteiger partial charge in [0.05, 0.1) is 19.3 Å². The maximum atomic E-state index is 5.66. The average Bonchev–Trinajstić information content (AvgIpc) is 2.26. The topological polar surface area (TPSA) is 36.9 Å². The third kappa shape index (κ3) is 3.01. The van der Waals surface area contributed by atoms with Gasteiger partial charge in [-0.15, -0.1) is 6.58 Å². The third-order valence-corrected chi connectivity index (χ3v) is 2.66. The highest BCUT2D eigenvalue weighted by atomic mass is 16.6. The van der Waals surface area contributed by atoms with Crippen LogP contribution in [0.5, 0.6) is 0 Å². The standard InChI is InChI=1S/C11H20O4/c1-5-6-14-11-9(12-3)7-15-8(2)10(11)13-4/h5,8-11H,1,6-7H2,2-4H3/t8-,9-,10-,11-/m0/s1. The zero-order valence-corrected chi connectivity index (χ0v) is 9.64. The molecule has 4 atom stereocenters. The van der Waals surface area contributed by atoms with Crippen LogP contribution in [0.4, 0.5) is 0 Å². The van der Waals surface area contributed by atoms with Crippen LogP contribution in [0.15, 0.2) is 12.7 Å². The van der Waals surface area contributed by atoms with Crippen LogP contribution in [0.2, 0.25) is 0 Å². The number of rotatable bonds is 5. The van der Waals surface area contributed by atoms with Gasteiger partial charge in [0.1, 0.15) is 18.3 Å². The van der Waals surface area contributed by atoms with Crippen molar-refractivity contribution in [1.29, 1.82) is 0 Å². The zero-order valence-electron chi connectivity index (χ0n) is 9.64. The van der Waals surface area contributed by atoms with Crippen LogP contribution < -0.4 is 0 Å². The second-order valence-electron chi connectivity index (χ2n) is 3.60. The molecule has 0 aromatic heterocycles. The van der Waals surface area contributed by atoms with Gasteiger partial charge in [-0.05, 0) is 6.92 Å². The first-order chi connectivity index (χ1) is 7.24. The van der Waals surface area contributed by atoms with E-state index >= 15 is 0 Å². The molecule has 0 aromatic carbocycles. The van der Waals surface area contributed by atoms with Gasteiger partial charge >= 0.3 is 0 Å². The van der Waals surface area contributed by atoms with Gasteiger partial charge in [-0.1, -0.05) is 6.08 Å². The SMILES string of the molecule is C=CCO[C@@H]1[C@@H](OC)[C@H](C)OC[C@@H]1OC. The smallest absolute Gasteiger partial charge is 0.115 e. The predicted octanol–water partition coefficient (Wildman–Crippen LogP) is 1.01. The Morgan fingerprint density at radius 3 is 2.60 bits per heavy atom. The molecule has 4 heteroatoms. The molecule has 88 valence electrons. The summed E-state index contributed by atoms with van der Waals surface area (Å²) >= 11 is 0. The highest BCUT2D eigenvalue weighted by Crippen LogP contribution is 2.22. The maximum absolute atomic E-state index is 5.66. The molecule has 0 spiro atoms. The molecule has 0 bridgehead atoms. The molecule has 0 radical (unpaired) electrons. The minimum atomic E-state index is -0.0956. The van der Waals surface area contributed by atoms with E-state index in [9.17, 15) is 0 Å². The van der Waals surface area contributed by atoms with E-state index in [0.29, 0.717) is 13.2 Å². The van der Waals surface area contributed by atoms with Crippen molar-refractivity contribution >= 4 is 0 Å². The van der Waals surface area contributed by atoms with E-state index in [-0.39, 0.29) is 24.4 Å². The van der Waals surface area contributed by atoms with Crippen molar-refractivity contribution < 1.29 is 18.9 Å². The van der Waals surface area contributed by atoms with Crippen LogP contribution in [0.1, 0.15) is 6.92 Å². The molecular weight excluding hydrogens is 196 g/mol. The lowest BCUT2D eigenvalue weighted by atomic mass is 10.0. The second kappa shape index (κ2) is 6.23. The van der Waals surface area contributed by atoms with Crippen LogP contribution in [0.25, 0.3) is 0 Å². The molecule has 0 amide bonds. The van der Waals surface area contributed by atoms with Crippen molar-refractivity contribution in [3.8, 4) is 0 Å². The van der Waals surface area contributed by atoms with Crippen LogP contribution in [0, 0.1) is 0 Å². The van der Waals surface area contributed by atoms with E-state index in [4.69, 9.17) is 18.9 Å². The molecule has 1 aliphatic heterocycles. The van der Waals surface area contributed by atoms with Crippen molar-refractivity contribution in [3.05, 3.63) is 12.7 Å². The maximum Gasteiger partial charge on any atom is 0.115 e. The normalized spacial score (nSPS) is 36.5. The van der Waals surface area contributed by atoms with Gasteiger partial charge in [0, 0.05) is 14.2 Å². The van der Waals surface area contributed by atoms with Crippen LogP contribution in [-0.2, 0) is 18.9 Å². The lowest BCUT2D eigenvalue weighted by Crippen LogP contribution is -2.54. The van der Waals surface area contributed by atoms with E-state index in [1.165, 1.54) is 0 Å². The van der Waals surface area contributed by atoms with E-state index in [2.05, 4.69) is 6.58 Å². The quantitative estimate of drug-likeness (QED) is 0.643. The first-order valence-corrected chi connectivity index (χ1v) is 5.14. The van der Waals surface area contributed by atoms with Gasteiger partial charge in [-0.2, -0.15) is 0 Å². The lowest BCUT2D eigenvalue weighted by Gasteiger charge is -2.39. The van der Waals surface area contributed by atoms with Crippen molar-refractivity contribution in [2.24, 2.45) is 0 Å². The van der Waals surface area contributed by atoms with Gasteiger partial charge < -0.3 is 18.9 Å². The molecule has 1 rings (SSSR count). The summed E-state index contributed by atoms with van der Waals surface area (Å²) < 4.78 is 21.9. The highest BCUT2D eigenvalue weighted by molar-refractivity contribution is 4.88. The van der Waals surface area contributed by atoms with Crippen LogP contribution >= 0.6 is 0 Å². The monoisotopic (exact) mass is 216 g/mol. The minimum absolute atomic E-state index is 0.0243. The fraction of sp³-hybridized carbons (Fsp3) is 0.818. The van der Waals surface area contributed by atoms with E-state index in [0.717, 1.165) is 0 Å². The van der Waals surface area contributed by atoms with Crippen LogP contribution in [-0.4, -0.2) is 51.8 Å². The van der Waals surface area contributed by atoms with E-state index in [1.54, 1.807) is 20.3 Å². The average molecular weight is 216 g/mol. The summed E-state index contributed by atoms with van der Waals surface area (Å²) in [6.07, 6.45) is 1.48. The largest absolute Gasteiger partial charge is 0.376 e. The summed E-state index contributed by atoms with van der Waals surface area (Å²) in [5, 5.41) is 0. The Labute approximate surface area is 91.1 Å². The van der Waals surface area contributed by atoms with Crippen molar-refractivity contribution in [3.63, 3.8) is 0 Å². The first-order valence-electron chi connectivity index (χ1n) is 5.14. The summed E-state index contributed by atoms with van der Waals surface area (Å²) in [6, 6.07) is 0. The summed E-state index contributed by atoms with van der Waals surface area (Å²) in [4.78, 5) is 0. The first kappa shape index (κ1) is 12.6. The molecule has 1 saturated heterocycles. The highest BCUT2D eigenvalue weighted by Gasteiger charge is 2.39. The molecule has 15 heavy (non-hydrogen) atoms. The minimum Gasteiger partial charge on any atom is -0.376 e. The molecule has 1 heterocycles. The Bertz CT molecular complexity index is 195. The zero-order chi connectivity index (χ0) is 11.3. The molecular formula is C11H20O4. The lowest BCUT2D eigenvalue weighted by molar-refractivity contribution is -0.211. The van der Waals surface area contributed by atoms with Gasteiger partial charge in [-0.25, -0.2) is 0 Å².